The molecule has 0 saturated carbocycles. The fourth-order valence-electron chi connectivity index (χ4n) is 3.45. The number of amides is 1. The molecule has 0 spiro atoms. The quantitative estimate of drug-likeness (QED) is 0.477. The van der Waals surface area contributed by atoms with Gasteiger partial charge in [0.25, 0.3) is 11.6 Å². The Morgan fingerprint density at radius 2 is 2.13 bits per heavy atom. The number of nitrogens with zero attached hydrogens (tertiary/aromatic N) is 3. The Hall–Kier alpha value is -2.72. The van der Waals surface area contributed by atoms with Gasteiger partial charge in [0.05, 0.1) is 29.3 Å². The molecule has 0 bridgehead atoms. The molecule has 1 aliphatic heterocycles. The second kappa shape index (κ2) is 10.4. The maximum Gasteiger partial charge on any atom is 0.286 e. The highest BCUT2D eigenvalue weighted by molar-refractivity contribution is 7.07. The average molecular weight is 435 g/mol. The second-order valence-corrected chi connectivity index (χ2v) is 8.06. The Morgan fingerprint density at radius 3 is 2.77 bits per heavy atom. The van der Waals surface area contributed by atoms with Gasteiger partial charge in [-0.2, -0.15) is 0 Å². The number of nitro groups is 1. The van der Waals surface area contributed by atoms with Gasteiger partial charge in [0, 0.05) is 18.0 Å². The summed E-state index contributed by atoms with van der Waals surface area (Å²) in [7, 11) is 3.54. The molecule has 3 rings (SSSR count). The SMILES string of the molecule is COc1cc(C(=O)NCCC2CCN(C)CC2)c([N+](=O)[O-])cc1OCc1cscn1. The van der Waals surface area contributed by atoms with Crippen LogP contribution in [0.15, 0.2) is 23.0 Å². The molecule has 0 unspecified atom stereocenters. The Labute approximate surface area is 179 Å². The first-order valence-corrected chi connectivity index (χ1v) is 10.7. The predicted molar refractivity (Wildman–Crippen MR) is 113 cm³/mol. The van der Waals surface area contributed by atoms with Gasteiger partial charge in [-0.3, -0.25) is 14.9 Å². The van der Waals surface area contributed by atoms with Gasteiger partial charge < -0.3 is 19.7 Å². The number of thiazole rings is 1. The van der Waals surface area contributed by atoms with Crippen LogP contribution >= 0.6 is 11.3 Å². The lowest BCUT2D eigenvalue weighted by Gasteiger charge is -2.28. The summed E-state index contributed by atoms with van der Waals surface area (Å²) in [6, 6.07) is 2.59. The van der Waals surface area contributed by atoms with E-state index < -0.39 is 10.8 Å². The number of aromatic nitrogens is 1. The van der Waals surface area contributed by atoms with Crippen molar-refractivity contribution in [3.05, 3.63) is 44.4 Å². The van der Waals surface area contributed by atoms with Crippen molar-refractivity contribution in [3.8, 4) is 11.5 Å². The summed E-state index contributed by atoms with van der Waals surface area (Å²) in [4.78, 5) is 30.1. The molecule has 1 saturated heterocycles. The van der Waals surface area contributed by atoms with Crippen molar-refractivity contribution in [1.82, 2.24) is 15.2 Å². The van der Waals surface area contributed by atoms with Gasteiger partial charge in [0.1, 0.15) is 12.2 Å². The van der Waals surface area contributed by atoms with Crippen LogP contribution in [0, 0.1) is 16.0 Å². The zero-order valence-electron chi connectivity index (χ0n) is 17.1. The Kier molecular flexibility index (Phi) is 7.58. The molecule has 0 aliphatic carbocycles. The minimum absolute atomic E-state index is 0.0405. The predicted octanol–water partition coefficient (Wildman–Crippen LogP) is 3.10. The van der Waals surface area contributed by atoms with Gasteiger partial charge in [0.15, 0.2) is 11.5 Å². The summed E-state index contributed by atoms with van der Waals surface area (Å²) in [5.41, 5.74) is 2.03. The molecule has 10 heteroatoms. The summed E-state index contributed by atoms with van der Waals surface area (Å²) >= 11 is 1.43. The first kappa shape index (κ1) is 22.0. The van der Waals surface area contributed by atoms with Crippen LogP contribution in [-0.2, 0) is 6.61 Å². The van der Waals surface area contributed by atoms with E-state index in [1.54, 1.807) is 5.51 Å². The Bertz CT molecular complexity index is 866. The molecule has 30 heavy (non-hydrogen) atoms. The van der Waals surface area contributed by atoms with E-state index in [0.717, 1.165) is 32.4 Å². The number of piperidine rings is 1. The van der Waals surface area contributed by atoms with E-state index in [4.69, 9.17) is 9.47 Å². The molecular weight excluding hydrogens is 408 g/mol. The number of carbonyl (C=O) groups excluding carboxylic acids is 1. The molecule has 1 amide bonds. The number of carbonyl (C=O) groups is 1. The van der Waals surface area contributed by atoms with E-state index in [9.17, 15) is 14.9 Å². The first-order chi connectivity index (χ1) is 14.5. The van der Waals surface area contributed by atoms with E-state index in [1.807, 2.05) is 5.38 Å². The lowest BCUT2D eigenvalue weighted by Crippen LogP contribution is -2.32. The number of hydrogen-bond acceptors (Lipinski definition) is 8. The molecule has 1 aliphatic rings. The maximum atomic E-state index is 12.7. The third-order valence-corrected chi connectivity index (χ3v) is 5.89. The monoisotopic (exact) mass is 434 g/mol. The summed E-state index contributed by atoms with van der Waals surface area (Å²) < 4.78 is 10.9. The number of hydrogen-bond donors (Lipinski definition) is 1. The molecule has 162 valence electrons. The van der Waals surface area contributed by atoms with E-state index in [1.165, 1.54) is 30.6 Å². The van der Waals surface area contributed by atoms with Crippen molar-refractivity contribution in [3.63, 3.8) is 0 Å². The van der Waals surface area contributed by atoms with Crippen molar-refractivity contribution in [2.45, 2.75) is 25.9 Å². The molecule has 0 radical (unpaired) electrons. The van der Waals surface area contributed by atoms with Crippen molar-refractivity contribution in [2.24, 2.45) is 5.92 Å². The molecular formula is C20H26N4O5S. The van der Waals surface area contributed by atoms with Gasteiger partial charge in [-0.05, 0) is 45.3 Å². The van der Waals surface area contributed by atoms with E-state index in [2.05, 4.69) is 22.2 Å². The summed E-state index contributed by atoms with van der Waals surface area (Å²) in [5.74, 6) is 0.530. The number of likely N-dealkylation sites (tertiary alicyclic amines) is 1. The molecule has 2 heterocycles. The molecule has 1 N–H and O–H groups in total. The molecule has 9 nitrogen and oxygen atoms in total. The zero-order valence-corrected chi connectivity index (χ0v) is 17.9. The Balaban J connectivity index is 1.67. The van der Waals surface area contributed by atoms with Crippen LogP contribution < -0.4 is 14.8 Å². The average Bonchev–Trinajstić information content (AvgIpc) is 3.26. The molecule has 2 aromatic rings. The highest BCUT2D eigenvalue weighted by atomic mass is 32.1. The maximum absolute atomic E-state index is 12.7. The molecule has 1 aromatic heterocycles. The van der Waals surface area contributed by atoms with Crippen LogP contribution in [0.5, 0.6) is 11.5 Å². The smallest absolute Gasteiger partial charge is 0.286 e. The standard InChI is InChI=1S/C20H26N4O5S/c1-23-7-4-14(5-8-23)3-6-21-20(25)16-9-18(28-2)19(10-17(16)24(26)27)29-11-15-12-30-13-22-15/h9-10,12-14H,3-8,11H2,1-2H3,(H,21,25). The number of benzene rings is 1. The highest BCUT2D eigenvalue weighted by Gasteiger charge is 2.25. The number of rotatable bonds is 9. The van der Waals surface area contributed by atoms with Gasteiger partial charge >= 0.3 is 0 Å². The van der Waals surface area contributed by atoms with Crippen LogP contribution in [0.4, 0.5) is 5.69 Å². The van der Waals surface area contributed by atoms with Crippen LogP contribution in [0.3, 0.4) is 0 Å². The minimum Gasteiger partial charge on any atom is -0.493 e. The third kappa shape index (κ3) is 5.67. The number of nitro benzene ring substituents is 1. The number of ether oxygens (including phenoxy) is 2. The summed E-state index contributed by atoms with van der Waals surface area (Å²) in [6.45, 7) is 2.75. The van der Waals surface area contributed by atoms with Crippen LogP contribution in [0.2, 0.25) is 0 Å². The lowest BCUT2D eigenvalue weighted by atomic mass is 9.94. The van der Waals surface area contributed by atoms with Gasteiger partial charge in [0.2, 0.25) is 0 Å². The summed E-state index contributed by atoms with van der Waals surface area (Å²) in [6.07, 6.45) is 3.07. The number of methoxy groups -OCH3 is 1. The normalized spacial score (nSPS) is 15.0. The molecule has 1 fully saturated rings. The topological polar surface area (TPSA) is 107 Å². The van der Waals surface area contributed by atoms with E-state index in [0.29, 0.717) is 18.2 Å². The highest BCUT2D eigenvalue weighted by Crippen LogP contribution is 2.35. The van der Waals surface area contributed by atoms with E-state index >= 15 is 0 Å². The zero-order chi connectivity index (χ0) is 21.5. The van der Waals surface area contributed by atoms with E-state index in [-0.39, 0.29) is 29.4 Å². The minimum atomic E-state index is -0.582. The first-order valence-electron chi connectivity index (χ1n) is 9.81. The van der Waals surface area contributed by atoms with Crippen molar-refractivity contribution >= 4 is 22.9 Å². The fourth-order valence-corrected chi connectivity index (χ4v) is 3.99. The lowest BCUT2D eigenvalue weighted by molar-refractivity contribution is -0.385. The third-order valence-electron chi connectivity index (χ3n) is 5.26. The van der Waals surface area contributed by atoms with Crippen LogP contribution in [0.1, 0.15) is 35.3 Å². The van der Waals surface area contributed by atoms with Gasteiger partial charge in [-0.15, -0.1) is 11.3 Å². The molecule has 1 aromatic carbocycles. The largest absolute Gasteiger partial charge is 0.493 e. The van der Waals surface area contributed by atoms with Crippen molar-refractivity contribution in [2.75, 3.05) is 33.8 Å². The number of nitrogens with one attached hydrogen (secondary N) is 1. The second-order valence-electron chi connectivity index (χ2n) is 7.34. The van der Waals surface area contributed by atoms with Crippen molar-refractivity contribution < 1.29 is 19.2 Å². The fraction of sp³-hybridized carbons (Fsp3) is 0.500. The summed E-state index contributed by atoms with van der Waals surface area (Å²) in [5, 5.41) is 16.2. The van der Waals surface area contributed by atoms with Gasteiger partial charge in [-0.1, -0.05) is 0 Å². The van der Waals surface area contributed by atoms with Crippen molar-refractivity contribution in [1.29, 1.82) is 0 Å². The van der Waals surface area contributed by atoms with Crippen LogP contribution in [0.25, 0.3) is 0 Å². The van der Waals surface area contributed by atoms with Gasteiger partial charge in [-0.25, -0.2) is 4.98 Å². The van der Waals surface area contributed by atoms with Crippen LogP contribution in [-0.4, -0.2) is 54.5 Å². The molecule has 0 atom stereocenters. The Morgan fingerprint density at radius 1 is 1.37 bits per heavy atom.